The number of para-hydroxylation sites is 1. The Morgan fingerprint density at radius 2 is 0.690 bits per heavy atom. The van der Waals surface area contributed by atoms with Crippen LogP contribution < -0.4 is 14.4 Å². The molecule has 13 aromatic rings. The van der Waals surface area contributed by atoms with E-state index in [0.717, 1.165) is 117 Å². The van der Waals surface area contributed by atoms with Crippen LogP contribution >= 0.6 is 0 Å². The van der Waals surface area contributed by atoms with Crippen LogP contribution in [-0.4, -0.2) is 0 Å². The van der Waals surface area contributed by atoms with E-state index in [1.807, 2.05) is 127 Å². The molecule has 1 heterocycles. The third kappa shape index (κ3) is 8.01. The second-order valence-corrected chi connectivity index (χ2v) is 21.5. The summed E-state index contributed by atoms with van der Waals surface area (Å²) in [5, 5.41) is 1.99. The third-order valence-corrected chi connectivity index (χ3v) is 17.0. The molecule has 4 nitrogen and oxygen atoms in total. The summed E-state index contributed by atoms with van der Waals surface area (Å²) in [7, 11) is 0. The van der Waals surface area contributed by atoms with Gasteiger partial charge in [0.2, 0.25) is 0 Å². The van der Waals surface area contributed by atoms with Gasteiger partial charge in [0.25, 0.3) is 0 Å². The number of fused-ring (bicyclic) bond motifs is 9. The molecule has 0 saturated carbocycles. The summed E-state index contributed by atoms with van der Waals surface area (Å²) < 4.78 is 49.8. The van der Waals surface area contributed by atoms with Crippen molar-refractivity contribution >= 4 is 51.2 Å². The highest BCUT2D eigenvalue weighted by Gasteiger charge is 2.48. The van der Waals surface area contributed by atoms with Crippen molar-refractivity contribution < 1.29 is 22.7 Å². The molecule has 6 heteroatoms. The van der Waals surface area contributed by atoms with Crippen LogP contribution in [0.15, 0.2) is 291 Å². The molecule has 0 N–H and O–H groups in total. The van der Waals surface area contributed by atoms with E-state index in [1.165, 1.54) is 0 Å². The van der Waals surface area contributed by atoms with E-state index >= 15 is 8.78 Å². The third-order valence-electron chi connectivity index (χ3n) is 17.0. The predicted octanol–water partition coefficient (Wildman–Crippen LogP) is 20.9. The number of hydrogen-bond donors (Lipinski definition) is 0. The van der Waals surface area contributed by atoms with Crippen molar-refractivity contribution in [1.82, 2.24) is 0 Å². The molecule has 0 saturated heterocycles. The van der Waals surface area contributed by atoms with Crippen molar-refractivity contribution in [1.29, 1.82) is 0 Å². The van der Waals surface area contributed by atoms with Gasteiger partial charge in [-0.1, -0.05) is 177 Å². The molecular formula is C78H51F2NO3. The van der Waals surface area contributed by atoms with Crippen LogP contribution in [0.3, 0.4) is 0 Å². The summed E-state index contributed by atoms with van der Waals surface area (Å²) in [5.41, 5.74) is 16.8. The Bertz CT molecular complexity index is 4460. The van der Waals surface area contributed by atoms with E-state index in [0.29, 0.717) is 23.0 Å². The lowest BCUT2D eigenvalue weighted by Gasteiger charge is -2.36. The van der Waals surface area contributed by atoms with Gasteiger partial charge in [0.15, 0.2) is 0 Å². The van der Waals surface area contributed by atoms with Crippen LogP contribution in [0.5, 0.6) is 23.0 Å². The fourth-order valence-corrected chi connectivity index (χ4v) is 13.3. The smallest absolute Gasteiger partial charge is 0.135 e. The summed E-state index contributed by atoms with van der Waals surface area (Å²) in [6.45, 7) is 7.81. The number of furan rings is 1. The number of ether oxygens (including phenoxy) is 2. The minimum Gasteiger partial charge on any atom is -0.457 e. The first-order chi connectivity index (χ1) is 41.3. The molecule has 2 unspecified atom stereocenters. The maximum atomic E-state index is 15.3. The zero-order valence-electron chi connectivity index (χ0n) is 45.5. The Balaban J connectivity index is 0.949. The fourth-order valence-electron chi connectivity index (χ4n) is 13.3. The number of hydrogen-bond acceptors (Lipinski definition) is 4. The monoisotopic (exact) mass is 1090 g/mol. The van der Waals surface area contributed by atoms with Crippen LogP contribution in [0, 0.1) is 11.6 Å². The van der Waals surface area contributed by atoms with Gasteiger partial charge in [0.1, 0.15) is 45.8 Å². The van der Waals surface area contributed by atoms with E-state index in [2.05, 4.69) is 152 Å². The van der Waals surface area contributed by atoms with Crippen LogP contribution in [0.25, 0.3) is 56.3 Å². The Hall–Kier alpha value is -10.8. The molecule has 0 bridgehead atoms. The fraction of sp³-hybridized carbons (Fsp3) is 0.0256. The largest absolute Gasteiger partial charge is 0.457 e. The number of halogens is 2. The highest BCUT2D eigenvalue weighted by Crippen LogP contribution is 2.60. The molecule has 0 spiro atoms. The Labute approximate surface area is 485 Å². The molecule has 0 aliphatic heterocycles. The zero-order valence-corrected chi connectivity index (χ0v) is 45.5. The van der Waals surface area contributed by atoms with Gasteiger partial charge >= 0.3 is 0 Å². The standard InChI is InChI=1S/C78H51F2NO3/c1-3-50-17-36-61(37-18-50)82-63-40-25-54(26-41-63)77(52-21-29-56(79)30-22-52)71-14-8-5-11-65(71)67-44-33-59(48-73(67)77)81(58-35-46-76-70(47-58)69-13-7-10-16-75(69)84-76)60-34-45-68-66-12-6-9-15-72(66)78(74(68)49-60,53-23-31-57(80)32-24-53)55-27-42-64(43-28-55)83-62-38-19-51(4-2)20-39-62/h3-49H,1-2H2. The van der Waals surface area contributed by atoms with Gasteiger partial charge in [0, 0.05) is 27.8 Å². The molecule has 15 rings (SSSR count). The summed E-state index contributed by atoms with van der Waals surface area (Å²) in [4.78, 5) is 2.34. The SMILES string of the molecule is C=Cc1ccc(Oc2ccc(C3(c4ccc(F)cc4)c4ccccc4-c4ccc(N(c5ccc6c(c5)C(c5ccc(F)cc5)(c5ccc(Oc7ccc(C=C)cc7)cc5)c5ccccc5-6)c5ccc6oc7ccccc7c6c5)cc43)cc2)cc1. The van der Waals surface area contributed by atoms with Crippen molar-refractivity contribution in [3.05, 3.63) is 353 Å². The first kappa shape index (κ1) is 50.2. The lowest BCUT2D eigenvalue weighted by atomic mass is 9.67. The molecule has 0 radical (unpaired) electrons. The van der Waals surface area contributed by atoms with Crippen molar-refractivity contribution in [3.63, 3.8) is 0 Å². The Morgan fingerprint density at radius 3 is 1.14 bits per heavy atom. The van der Waals surface area contributed by atoms with Gasteiger partial charge in [-0.25, -0.2) is 8.78 Å². The number of benzene rings is 12. The second-order valence-electron chi connectivity index (χ2n) is 21.5. The molecule has 2 aliphatic carbocycles. The normalized spacial score (nSPS) is 15.5. The highest BCUT2D eigenvalue weighted by molar-refractivity contribution is 6.07. The Kier molecular flexibility index (Phi) is 12.0. The van der Waals surface area contributed by atoms with Gasteiger partial charge in [-0.15, -0.1) is 0 Å². The van der Waals surface area contributed by atoms with E-state index in [9.17, 15) is 0 Å². The summed E-state index contributed by atoms with van der Waals surface area (Å²) in [6, 6.07) is 91.4. The van der Waals surface area contributed by atoms with E-state index < -0.39 is 10.8 Å². The minimum absolute atomic E-state index is 0.316. The quantitative estimate of drug-likeness (QED) is 0.115. The maximum absolute atomic E-state index is 15.3. The van der Waals surface area contributed by atoms with Crippen molar-refractivity contribution in [2.24, 2.45) is 0 Å². The van der Waals surface area contributed by atoms with E-state index in [1.54, 1.807) is 24.3 Å². The van der Waals surface area contributed by atoms with Gasteiger partial charge in [-0.05, 0) is 199 Å². The molecule has 0 fully saturated rings. The molecular weight excluding hydrogens is 1040 g/mol. The van der Waals surface area contributed by atoms with Crippen molar-refractivity contribution in [2.45, 2.75) is 10.8 Å². The topological polar surface area (TPSA) is 34.8 Å². The highest BCUT2D eigenvalue weighted by atomic mass is 19.1. The minimum atomic E-state index is -0.904. The molecule has 12 aromatic carbocycles. The van der Waals surface area contributed by atoms with Crippen LogP contribution in [0.2, 0.25) is 0 Å². The van der Waals surface area contributed by atoms with Crippen molar-refractivity contribution in [2.75, 3.05) is 4.90 Å². The number of anilines is 3. The molecule has 0 amide bonds. The summed E-state index contributed by atoms with van der Waals surface area (Å²) in [6.07, 6.45) is 3.62. The summed E-state index contributed by atoms with van der Waals surface area (Å²) >= 11 is 0. The van der Waals surface area contributed by atoms with Gasteiger partial charge in [-0.3, -0.25) is 0 Å². The van der Waals surface area contributed by atoms with E-state index in [4.69, 9.17) is 13.9 Å². The molecule has 2 aliphatic rings. The van der Waals surface area contributed by atoms with Crippen LogP contribution in [0.1, 0.15) is 55.6 Å². The zero-order chi connectivity index (χ0) is 56.5. The van der Waals surface area contributed by atoms with Crippen molar-refractivity contribution in [3.8, 4) is 45.3 Å². The molecule has 84 heavy (non-hydrogen) atoms. The van der Waals surface area contributed by atoms with Gasteiger partial charge in [-0.2, -0.15) is 0 Å². The molecule has 2 atom stereocenters. The first-order valence-corrected chi connectivity index (χ1v) is 28.0. The first-order valence-electron chi connectivity index (χ1n) is 28.0. The summed E-state index contributed by atoms with van der Waals surface area (Å²) in [5.74, 6) is 2.16. The number of nitrogens with zero attached hydrogens (tertiary/aromatic N) is 1. The maximum Gasteiger partial charge on any atom is 0.135 e. The lowest BCUT2D eigenvalue weighted by molar-refractivity contribution is 0.482. The van der Waals surface area contributed by atoms with Crippen LogP contribution in [0.4, 0.5) is 25.8 Å². The van der Waals surface area contributed by atoms with Crippen LogP contribution in [-0.2, 0) is 10.8 Å². The average Bonchev–Trinajstić information content (AvgIpc) is 2.54. The average molecular weight is 1090 g/mol. The number of rotatable bonds is 13. The molecule has 400 valence electrons. The van der Waals surface area contributed by atoms with Gasteiger partial charge in [0.05, 0.1) is 10.8 Å². The lowest BCUT2D eigenvalue weighted by Crippen LogP contribution is -2.29. The Morgan fingerprint density at radius 1 is 0.333 bits per heavy atom. The second kappa shape index (κ2) is 20.0. The predicted molar refractivity (Wildman–Crippen MR) is 336 cm³/mol. The molecule has 1 aromatic heterocycles. The van der Waals surface area contributed by atoms with Gasteiger partial charge < -0.3 is 18.8 Å². The van der Waals surface area contributed by atoms with E-state index in [-0.39, 0.29) is 11.6 Å².